The smallest absolute Gasteiger partial charge is 0.319 e. The summed E-state index contributed by atoms with van der Waals surface area (Å²) in [5.74, 6) is -3.22. The molecule has 2 aromatic rings. The normalized spacial score (nSPS) is 13.4. The molecule has 108 valence electrons. The first-order valence-electron chi connectivity index (χ1n) is 6.23. The van der Waals surface area contributed by atoms with Crippen molar-refractivity contribution in [3.63, 3.8) is 0 Å². The number of aliphatic carboxylic acids is 2. The van der Waals surface area contributed by atoms with Gasteiger partial charge in [-0.05, 0) is 23.3 Å². The van der Waals surface area contributed by atoms with Gasteiger partial charge in [0.05, 0.1) is 6.42 Å². The largest absolute Gasteiger partial charge is 0.481 e. The van der Waals surface area contributed by atoms with E-state index in [0.717, 1.165) is 6.07 Å². The van der Waals surface area contributed by atoms with E-state index in [1.165, 1.54) is 30.3 Å². The average molecular weight is 288 g/mol. The maximum Gasteiger partial charge on any atom is 0.319 e. The number of carboxylic acid groups (broad SMARTS) is 2. The van der Waals surface area contributed by atoms with Crippen LogP contribution < -0.4 is 0 Å². The maximum absolute atomic E-state index is 13.5. The Morgan fingerprint density at radius 3 is 2.10 bits per heavy atom. The maximum atomic E-state index is 13.5. The third-order valence-electron chi connectivity index (χ3n) is 3.37. The van der Waals surface area contributed by atoms with Crippen LogP contribution in [0.4, 0.5) is 4.39 Å². The molecular formula is C16H13FO4. The van der Waals surface area contributed by atoms with E-state index < -0.39 is 29.6 Å². The fraction of sp³-hybridized carbons (Fsp3) is 0.125. The summed E-state index contributed by atoms with van der Waals surface area (Å²) >= 11 is 0. The van der Waals surface area contributed by atoms with Gasteiger partial charge in [-0.3, -0.25) is 9.59 Å². The van der Waals surface area contributed by atoms with Crippen molar-refractivity contribution in [1.29, 1.82) is 0 Å². The molecule has 0 amide bonds. The van der Waals surface area contributed by atoms with Gasteiger partial charge in [0, 0.05) is 0 Å². The minimum absolute atomic E-state index is 0.101. The Hall–Kier alpha value is -2.69. The molecule has 0 aliphatic heterocycles. The van der Waals surface area contributed by atoms with Crippen LogP contribution in [0.1, 0.15) is 17.5 Å². The molecule has 0 saturated carbocycles. The molecule has 1 unspecified atom stereocenters. The van der Waals surface area contributed by atoms with Gasteiger partial charge >= 0.3 is 11.9 Å². The lowest BCUT2D eigenvalue weighted by Gasteiger charge is -2.29. The molecule has 0 spiro atoms. The van der Waals surface area contributed by atoms with Crippen LogP contribution >= 0.6 is 0 Å². The topological polar surface area (TPSA) is 74.6 Å². The molecule has 0 saturated heterocycles. The number of carbonyl (C=O) groups is 2. The van der Waals surface area contributed by atoms with Crippen molar-refractivity contribution in [3.05, 3.63) is 71.5 Å². The van der Waals surface area contributed by atoms with Gasteiger partial charge in [0.15, 0.2) is 0 Å². The van der Waals surface area contributed by atoms with Crippen molar-refractivity contribution in [2.45, 2.75) is 11.8 Å². The minimum Gasteiger partial charge on any atom is -0.481 e. The molecule has 2 aromatic carbocycles. The zero-order valence-electron chi connectivity index (χ0n) is 11.0. The first-order chi connectivity index (χ1) is 9.96. The summed E-state index contributed by atoms with van der Waals surface area (Å²) in [4.78, 5) is 23.1. The number of rotatable bonds is 5. The predicted molar refractivity (Wildman–Crippen MR) is 73.5 cm³/mol. The van der Waals surface area contributed by atoms with Gasteiger partial charge in [-0.2, -0.15) is 0 Å². The number of carboxylic acids is 2. The molecule has 1 atom stereocenters. The summed E-state index contributed by atoms with van der Waals surface area (Å²) in [6.45, 7) is 0. The van der Waals surface area contributed by atoms with Crippen molar-refractivity contribution in [2.24, 2.45) is 0 Å². The van der Waals surface area contributed by atoms with Gasteiger partial charge < -0.3 is 10.2 Å². The van der Waals surface area contributed by atoms with Crippen LogP contribution in [-0.4, -0.2) is 22.2 Å². The summed E-state index contributed by atoms with van der Waals surface area (Å²) < 4.78 is 13.5. The molecule has 5 heteroatoms. The van der Waals surface area contributed by atoms with Crippen molar-refractivity contribution >= 4 is 11.9 Å². The second-order valence-electron chi connectivity index (χ2n) is 4.66. The van der Waals surface area contributed by atoms with Crippen LogP contribution in [0.3, 0.4) is 0 Å². The van der Waals surface area contributed by atoms with Gasteiger partial charge in [-0.25, -0.2) is 4.39 Å². The van der Waals surface area contributed by atoms with Gasteiger partial charge in [-0.15, -0.1) is 0 Å². The third-order valence-corrected chi connectivity index (χ3v) is 3.37. The lowest BCUT2D eigenvalue weighted by molar-refractivity contribution is -0.148. The van der Waals surface area contributed by atoms with Gasteiger partial charge in [0.2, 0.25) is 0 Å². The second-order valence-corrected chi connectivity index (χ2v) is 4.66. The molecule has 0 fully saturated rings. The standard InChI is InChI=1S/C16H13FO4/c17-13-8-4-7-12(9-13)16(15(20)21,10-14(18)19)11-5-2-1-3-6-11/h1-9H,10H2,(H,18,19)(H,20,21). The van der Waals surface area contributed by atoms with Crippen molar-refractivity contribution in [1.82, 2.24) is 0 Å². The summed E-state index contributed by atoms with van der Waals surface area (Å²) in [6, 6.07) is 13.0. The van der Waals surface area contributed by atoms with E-state index in [1.807, 2.05) is 0 Å². The van der Waals surface area contributed by atoms with Gasteiger partial charge in [0.1, 0.15) is 11.2 Å². The highest BCUT2D eigenvalue weighted by molar-refractivity contribution is 5.91. The number of halogens is 1. The molecule has 0 aliphatic carbocycles. The Kier molecular flexibility index (Phi) is 4.03. The summed E-state index contributed by atoms with van der Waals surface area (Å²) in [5.41, 5.74) is -1.43. The highest BCUT2D eigenvalue weighted by atomic mass is 19.1. The quantitative estimate of drug-likeness (QED) is 0.887. The van der Waals surface area contributed by atoms with E-state index in [2.05, 4.69) is 0 Å². The SMILES string of the molecule is O=C(O)CC(C(=O)O)(c1ccccc1)c1cccc(F)c1. The van der Waals surface area contributed by atoms with Crippen LogP contribution in [0.15, 0.2) is 54.6 Å². The minimum atomic E-state index is -1.82. The molecule has 2 rings (SSSR count). The second kappa shape index (κ2) is 5.75. The summed E-state index contributed by atoms with van der Waals surface area (Å²) in [7, 11) is 0. The van der Waals surface area contributed by atoms with Crippen LogP contribution in [0, 0.1) is 5.82 Å². The Bertz CT molecular complexity index is 669. The third kappa shape index (κ3) is 2.76. The zero-order chi connectivity index (χ0) is 15.5. The van der Waals surface area contributed by atoms with Crippen LogP contribution in [0.5, 0.6) is 0 Å². The Balaban J connectivity index is 2.73. The average Bonchev–Trinajstić information content (AvgIpc) is 2.45. The number of hydrogen-bond acceptors (Lipinski definition) is 2. The van der Waals surface area contributed by atoms with Crippen molar-refractivity contribution in [3.8, 4) is 0 Å². The van der Waals surface area contributed by atoms with E-state index in [0.29, 0.717) is 5.56 Å². The van der Waals surface area contributed by atoms with Crippen LogP contribution in [-0.2, 0) is 15.0 Å². The van der Waals surface area contributed by atoms with E-state index in [-0.39, 0.29) is 5.56 Å². The fourth-order valence-electron chi connectivity index (χ4n) is 2.40. The molecule has 0 heterocycles. The highest BCUT2D eigenvalue weighted by Gasteiger charge is 2.44. The molecule has 21 heavy (non-hydrogen) atoms. The van der Waals surface area contributed by atoms with E-state index in [1.54, 1.807) is 18.2 Å². The Labute approximate surface area is 120 Å². The van der Waals surface area contributed by atoms with Crippen LogP contribution in [0.2, 0.25) is 0 Å². The zero-order valence-corrected chi connectivity index (χ0v) is 11.0. The van der Waals surface area contributed by atoms with E-state index >= 15 is 0 Å². The molecule has 4 nitrogen and oxygen atoms in total. The van der Waals surface area contributed by atoms with Crippen molar-refractivity contribution in [2.75, 3.05) is 0 Å². The molecule has 0 radical (unpaired) electrons. The summed E-state index contributed by atoms with van der Waals surface area (Å²) in [6.07, 6.45) is -0.671. The first kappa shape index (κ1) is 14.7. The van der Waals surface area contributed by atoms with Gasteiger partial charge in [-0.1, -0.05) is 42.5 Å². The lowest BCUT2D eigenvalue weighted by Crippen LogP contribution is -2.39. The molecule has 2 N–H and O–H groups in total. The number of benzene rings is 2. The van der Waals surface area contributed by atoms with Crippen LogP contribution in [0.25, 0.3) is 0 Å². The Morgan fingerprint density at radius 2 is 1.57 bits per heavy atom. The monoisotopic (exact) mass is 288 g/mol. The van der Waals surface area contributed by atoms with E-state index in [4.69, 9.17) is 5.11 Å². The molecule has 0 aromatic heterocycles. The van der Waals surface area contributed by atoms with Crippen molar-refractivity contribution < 1.29 is 24.2 Å². The molecular weight excluding hydrogens is 275 g/mol. The first-order valence-corrected chi connectivity index (χ1v) is 6.23. The van der Waals surface area contributed by atoms with E-state index in [9.17, 15) is 19.1 Å². The highest BCUT2D eigenvalue weighted by Crippen LogP contribution is 2.36. The molecule has 0 aliphatic rings. The molecule has 0 bridgehead atoms. The summed E-state index contributed by atoms with van der Waals surface area (Å²) in [5, 5.41) is 18.8. The Morgan fingerprint density at radius 1 is 0.952 bits per heavy atom. The van der Waals surface area contributed by atoms with Gasteiger partial charge in [0.25, 0.3) is 0 Å². The number of hydrogen-bond donors (Lipinski definition) is 2. The fourth-order valence-corrected chi connectivity index (χ4v) is 2.40. The lowest BCUT2D eigenvalue weighted by atomic mass is 9.72. The predicted octanol–water partition coefficient (Wildman–Crippen LogP) is 2.67.